The van der Waals surface area contributed by atoms with Crippen molar-refractivity contribution in [3.8, 4) is 11.3 Å². The SMILES string of the molecule is O=C(NCCc1ccccc1)c1snnc1-c1ccccc1. The molecule has 22 heavy (non-hydrogen) atoms. The van der Waals surface area contributed by atoms with Gasteiger partial charge < -0.3 is 5.32 Å². The van der Waals surface area contributed by atoms with Gasteiger partial charge in [-0.2, -0.15) is 0 Å². The molecule has 0 aliphatic carbocycles. The van der Waals surface area contributed by atoms with Gasteiger partial charge in [0.05, 0.1) is 0 Å². The summed E-state index contributed by atoms with van der Waals surface area (Å²) in [5.74, 6) is -0.121. The summed E-state index contributed by atoms with van der Waals surface area (Å²) in [6.45, 7) is 0.592. The minimum Gasteiger partial charge on any atom is -0.351 e. The Kier molecular flexibility index (Phi) is 4.56. The molecule has 0 aliphatic rings. The molecule has 0 fully saturated rings. The summed E-state index contributed by atoms with van der Waals surface area (Å²) in [6, 6.07) is 19.7. The zero-order valence-corrected chi connectivity index (χ0v) is 12.7. The number of nitrogens with one attached hydrogen (secondary N) is 1. The fourth-order valence-corrected chi connectivity index (χ4v) is 2.77. The van der Waals surface area contributed by atoms with Crippen molar-refractivity contribution in [3.63, 3.8) is 0 Å². The standard InChI is InChI=1S/C17H15N3OS/c21-17(18-12-11-13-7-3-1-4-8-13)16-15(19-20-22-16)14-9-5-2-6-10-14/h1-10H,11-12H2,(H,18,21). The van der Waals surface area contributed by atoms with Crippen LogP contribution in [-0.4, -0.2) is 22.0 Å². The van der Waals surface area contributed by atoms with Gasteiger partial charge >= 0.3 is 0 Å². The summed E-state index contributed by atoms with van der Waals surface area (Å²) in [6.07, 6.45) is 0.805. The van der Waals surface area contributed by atoms with Crippen LogP contribution < -0.4 is 5.32 Å². The van der Waals surface area contributed by atoms with E-state index in [2.05, 4.69) is 27.0 Å². The van der Waals surface area contributed by atoms with Gasteiger partial charge in [0.15, 0.2) is 0 Å². The van der Waals surface area contributed by atoms with Gasteiger partial charge in [0, 0.05) is 12.1 Å². The van der Waals surface area contributed by atoms with Gasteiger partial charge in [-0.3, -0.25) is 4.79 Å². The van der Waals surface area contributed by atoms with E-state index in [9.17, 15) is 4.79 Å². The van der Waals surface area contributed by atoms with E-state index in [1.807, 2.05) is 48.5 Å². The van der Waals surface area contributed by atoms with Crippen molar-refractivity contribution in [2.24, 2.45) is 0 Å². The van der Waals surface area contributed by atoms with Crippen molar-refractivity contribution in [3.05, 3.63) is 71.1 Å². The van der Waals surface area contributed by atoms with Crippen molar-refractivity contribution in [2.75, 3.05) is 6.54 Å². The predicted molar refractivity (Wildman–Crippen MR) is 87.8 cm³/mol. The number of hydrogen-bond donors (Lipinski definition) is 1. The van der Waals surface area contributed by atoms with E-state index in [0.29, 0.717) is 17.1 Å². The number of benzene rings is 2. The van der Waals surface area contributed by atoms with Crippen LogP contribution in [0.4, 0.5) is 0 Å². The Bertz CT molecular complexity index is 741. The van der Waals surface area contributed by atoms with Gasteiger partial charge in [-0.25, -0.2) is 0 Å². The second-order valence-corrected chi connectivity index (χ2v) is 5.56. The van der Waals surface area contributed by atoms with E-state index in [-0.39, 0.29) is 5.91 Å². The first-order valence-corrected chi connectivity index (χ1v) is 7.82. The fourth-order valence-electron chi connectivity index (χ4n) is 2.17. The molecule has 5 heteroatoms. The first-order chi connectivity index (χ1) is 10.8. The van der Waals surface area contributed by atoms with Crippen molar-refractivity contribution >= 4 is 17.4 Å². The third-order valence-electron chi connectivity index (χ3n) is 3.28. The van der Waals surface area contributed by atoms with Crippen LogP contribution in [-0.2, 0) is 6.42 Å². The van der Waals surface area contributed by atoms with Gasteiger partial charge in [0.2, 0.25) is 0 Å². The molecule has 0 aliphatic heterocycles. The Morgan fingerprint density at radius 1 is 1.00 bits per heavy atom. The fraction of sp³-hybridized carbons (Fsp3) is 0.118. The summed E-state index contributed by atoms with van der Waals surface area (Å²) < 4.78 is 3.92. The minimum absolute atomic E-state index is 0.121. The molecule has 0 bridgehead atoms. The largest absolute Gasteiger partial charge is 0.351 e. The van der Waals surface area contributed by atoms with Crippen LogP contribution in [0.5, 0.6) is 0 Å². The van der Waals surface area contributed by atoms with E-state index >= 15 is 0 Å². The highest BCUT2D eigenvalue weighted by Gasteiger charge is 2.17. The molecule has 0 radical (unpaired) electrons. The molecule has 1 N–H and O–H groups in total. The van der Waals surface area contributed by atoms with Crippen LogP contribution in [0.25, 0.3) is 11.3 Å². The van der Waals surface area contributed by atoms with Crippen LogP contribution in [0.1, 0.15) is 15.2 Å². The molecule has 0 spiro atoms. The highest BCUT2D eigenvalue weighted by atomic mass is 32.1. The molecule has 3 rings (SSSR count). The molecule has 4 nitrogen and oxygen atoms in total. The molecule has 1 amide bonds. The highest BCUT2D eigenvalue weighted by molar-refractivity contribution is 7.08. The predicted octanol–water partition coefficient (Wildman–Crippen LogP) is 3.18. The second-order valence-electron chi connectivity index (χ2n) is 4.81. The van der Waals surface area contributed by atoms with E-state index < -0.39 is 0 Å². The number of amides is 1. The van der Waals surface area contributed by atoms with Crippen LogP contribution in [0.15, 0.2) is 60.7 Å². The number of aromatic nitrogens is 2. The van der Waals surface area contributed by atoms with E-state index in [4.69, 9.17) is 0 Å². The Morgan fingerprint density at radius 2 is 1.68 bits per heavy atom. The van der Waals surface area contributed by atoms with Crippen LogP contribution in [0, 0.1) is 0 Å². The van der Waals surface area contributed by atoms with Crippen molar-refractivity contribution in [1.29, 1.82) is 0 Å². The quantitative estimate of drug-likeness (QED) is 0.787. The first kappa shape index (κ1) is 14.4. The lowest BCUT2D eigenvalue weighted by Crippen LogP contribution is -2.25. The molecule has 1 heterocycles. The zero-order valence-electron chi connectivity index (χ0n) is 11.9. The van der Waals surface area contributed by atoms with Crippen molar-refractivity contribution < 1.29 is 4.79 Å². The molecule has 1 aromatic heterocycles. The third kappa shape index (κ3) is 3.38. The van der Waals surface area contributed by atoms with E-state index in [1.165, 1.54) is 5.56 Å². The Morgan fingerprint density at radius 3 is 2.41 bits per heavy atom. The smallest absolute Gasteiger partial charge is 0.265 e. The van der Waals surface area contributed by atoms with Crippen molar-refractivity contribution in [2.45, 2.75) is 6.42 Å². The van der Waals surface area contributed by atoms with Crippen LogP contribution in [0.2, 0.25) is 0 Å². The molecular weight excluding hydrogens is 294 g/mol. The molecule has 2 aromatic carbocycles. The lowest BCUT2D eigenvalue weighted by Gasteiger charge is -2.05. The maximum atomic E-state index is 12.3. The number of rotatable bonds is 5. The zero-order chi connectivity index (χ0) is 15.2. The minimum atomic E-state index is -0.121. The Hall–Kier alpha value is -2.53. The second kappa shape index (κ2) is 6.95. The Balaban J connectivity index is 1.65. The van der Waals surface area contributed by atoms with Gasteiger partial charge in [-0.1, -0.05) is 65.2 Å². The number of carbonyl (C=O) groups excluding carboxylic acids is 1. The highest BCUT2D eigenvalue weighted by Crippen LogP contribution is 2.23. The Labute approximate surface area is 133 Å². The summed E-state index contributed by atoms with van der Waals surface area (Å²) in [7, 11) is 0. The number of nitrogens with zero attached hydrogens (tertiary/aromatic N) is 2. The molecule has 0 unspecified atom stereocenters. The molecule has 0 atom stereocenters. The summed E-state index contributed by atoms with van der Waals surface area (Å²) in [4.78, 5) is 12.9. The maximum Gasteiger partial charge on any atom is 0.265 e. The normalized spacial score (nSPS) is 10.4. The average Bonchev–Trinajstić information content (AvgIpc) is 3.06. The number of carbonyl (C=O) groups is 1. The molecule has 0 saturated carbocycles. The van der Waals surface area contributed by atoms with E-state index in [0.717, 1.165) is 23.5 Å². The van der Waals surface area contributed by atoms with Gasteiger partial charge in [-0.05, 0) is 23.5 Å². The lowest BCUT2D eigenvalue weighted by molar-refractivity contribution is 0.0958. The molecule has 110 valence electrons. The molecule has 3 aromatic rings. The summed E-state index contributed by atoms with van der Waals surface area (Å²) >= 11 is 1.13. The lowest BCUT2D eigenvalue weighted by atomic mass is 10.1. The number of hydrogen-bond acceptors (Lipinski definition) is 4. The first-order valence-electron chi connectivity index (χ1n) is 7.04. The van der Waals surface area contributed by atoms with Gasteiger partial charge in [0.1, 0.15) is 10.6 Å². The van der Waals surface area contributed by atoms with Crippen molar-refractivity contribution in [1.82, 2.24) is 14.9 Å². The van der Waals surface area contributed by atoms with Crippen LogP contribution >= 0.6 is 11.5 Å². The third-order valence-corrected chi connectivity index (χ3v) is 4.01. The topological polar surface area (TPSA) is 54.9 Å². The molecular formula is C17H15N3OS. The van der Waals surface area contributed by atoms with Crippen LogP contribution in [0.3, 0.4) is 0 Å². The monoisotopic (exact) mass is 309 g/mol. The summed E-state index contributed by atoms with van der Waals surface area (Å²) in [5.41, 5.74) is 2.75. The maximum absolute atomic E-state index is 12.3. The molecule has 0 saturated heterocycles. The van der Waals surface area contributed by atoms with Gasteiger partial charge in [0.25, 0.3) is 5.91 Å². The van der Waals surface area contributed by atoms with E-state index in [1.54, 1.807) is 0 Å². The van der Waals surface area contributed by atoms with Gasteiger partial charge in [-0.15, -0.1) is 5.10 Å². The summed E-state index contributed by atoms with van der Waals surface area (Å²) in [5, 5.41) is 7.02. The average molecular weight is 309 g/mol.